The molecule has 1 saturated heterocycles. The highest BCUT2D eigenvalue weighted by molar-refractivity contribution is 7.90. The van der Waals surface area contributed by atoms with Crippen LogP contribution in [-0.4, -0.2) is 97.0 Å². The minimum absolute atomic E-state index is 0.00811. The molecule has 4 atom stereocenters. The highest BCUT2D eigenvalue weighted by atomic mass is 32.2. The lowest BCUT2D eigenvalue weighted by Gasteiger charge is -2.30. The number of aliphatic imine (C=N–C) groups is 1. The molecule has 65 heavy (non-hydrogen) atoms. The van der Waals surface area contributed by atoms with Gasteiger partial charge in [0, 0.05) is 19.5 Å². The number of phenolic OH excluding ortho intramolecular Hbond substituents is 1. The SMILES string of the molecule is Cc1cc(C)c(S(=O)(=O)NC(N)=NCCC[C@H](NC(=O)[C@H](CC(C)C)NC(=O)[C@@H]2CCCN2C(=O)OC(C)(C)C)C(=O)N[C@@H](Cc2ccc(O)cc2)C(=O)OCc2ccccc2)c(C)c1. The first-order chi connectivity index (χ1) is 30.5. The second-order valence-electron chi connectivity index (χ2n) is 17.9. The third kappa shape index (κ3) is 16.1. The minimum Gasteiger partial charge on any atom is -0.508 e. The van der Waals surface area contributed by atoms with Crippen molar-refractivity contribution in [3.8, 4) is 5.75 Å². The summed E-state index contributed by atoms with van der Waals surface area (Å²) in [6.45, 7) is 14.3. The van der Waals surface area contributed by atoms with Crippen LogP contribution >= 0.6 is 0 Å². The number of nitrogens with two attached hydrogens (primary N) is 1. The number of hydrogen-bond donors (Lipinski definition) is 6. The van der Waals surface area contributed by atoms with Crippen molar-refractivity contribution in [1.29, 1.82) is 0 Å². The Morgan fingerprint density at radius 3 is 2.11 bits per heavy atom. The summed E-state index contributed by atoms with van der Waals surface area (Å²) in [5, 5.41) is 18.2. The molecule has 0 saturated carbocycles. The monoisotopic (exact) mass is 919 g/mol. The van der Waals surface area contributed by atoms with Gasteiger partial charge in [0.1, 0.15) is 42.1 Å². The van der Waals surface area contributed by atoms with Gasteiger partial charge in [-0.05, 0) is 114 Å². The Bertz CT molecular complexity index is 2260. The molecular weight excluding hydrogens is 855 g/mol. The number of rotatable bonds is 19. The van der Waals surface area contributed by atoms with Crippen molar-refractivity contribution in [2.75, 3.05) is 13.1 Å². The minimum atomic E-state index is -4.09. The average Bonchev–Trinajstić information content (AvgIpc) is 3.71. The molecule has 7 N–H and O–H groups in total. The molecule has 354 valence electrons. The zero-order valence-corrected chi connectivity index (χ0v) is 39.4. The molecule has 1 aliphatic heterocycles. The average molecular weight is 920 g/mol. The van der Waals surface area contributed by atoms with Gasteiger partial charge in [0.15, 0.2) is 0 Å². The van der Waals surface area contributed by atoms with Crippen LogP contribution in [0.3, 0.4) is 0 Å². The number of carbonyl (C=O) groups is 5. The molecule has 0 spiro atoms. The summed E-state index contributed by atoms with van der Waals surface area (Å²) < 4.78 is 40.1. The summed E-state index contributed by atoms with van der Waals surface area (Å²) in [7, 11) is -4.09. The van der Waals surface area contributed by atoms with Gasteiger partial charge in [0.05, 0.1) is 4.90 Å². The number of benzene rings is 3. The first kappa shape index (κ1) is 51.5. The van der Waals surface area contributed by atoms with Gasteiger partial charge in [-0.15, -0.1) is 0 Å². The number of sulfonamides is 1. The van der Waals surface area contributed by atoms with Crippen LogP contribution in [0.1, 0.15) is 94.5 Å². The second kappa shape index (κ2) is 23.1. The van der Waals surface area contributed by atoms with Gasteiger partial charge in [-0.2, -0.15) is 0 Å². The number of likely N-dealkylation sites (tertiary alicyclic amines) is 1. The largest absolute Gasteiger partial charge is 0.508 e. The molecule has 0 bridgehead atoms. The molecule has 3 aromatic rings. The molecule has 3 aromatic carbocycles. The highest BCUT2D eigenvalue weighted by Crippen LogP contribution is 2.23. The Labute approximate surface area is 382 Å². The molecule has 4 amide bonds. The summed E-state index contributed by atoms with van der Waals surface area (Å²) in [5.41, 5.74) is 8.56. The number of esters is 1. The van der Waals surface area contributed by atoms with E-state index >= 15 is 0 Å². The van der Waals surface area contributed by atoms with Crippen LogP contribution in [0, 0.1) is 26.7 Å². The van der Waals surface area contributed by atoms with Crippen LogP contribution in [0.2, 0.25) is 0 Å². The summed E-state index contributed by atoms with van der Waals surface area (Å²) in [5.74, 6) is -3.19. The van der Waals surface area contributed by atoms with Crippen molar-refractivity contribution < 1.29 is 47.0 Å². The van der Waals surface area contributed by atoms with E-state index in [9.17, 15) is 37.5 Å². The van der Waals surface area contributed by atoms with Crippen LogP contribution in [0.25, 0.3) is 0 Å². The lowest BCUT2D eigenvalue weighted by molar-refractivity contribution is -0.149. The quantitative estimate of drug-likeness (QED) is 0.0421. The van der Waals surface area contributed by atoms with E-state index in [2.05, 4.69) is 25.7 Å². The van der Waals surface area contributed by atoms with E-state index in [1.165, 1.54) is 17.0 Å². The van der Waals surface area contributed by atoms with Crippen molar-refractivity contribution in [2.24, 2.45) is 16.6 Å². The lowest BCUT2D eigenvalue weighted by Crippen LogP contribution is -2.58. The van der Waals surface area contributed by atoms with E-state index in [0.29, 0.717) is 36.1 Å². The lowest BCUT2D eigenvalue weighted by atomic mass is 10.0. The predicted octanol–water partition coefficient (Wildman–Crippen LogP) is 4.58. The topological polar surface area (TPSA) is 248 Å². The number of phenols is 1. The van der Waals surface area contributed by atoms with E-state index in [1.807, 2.05) is 26.8 Å². The van der Waals surface area contributed by atoms with E-state index in [1.54, 1.807) is 83.1 Å². The van der Waals surface area contributed by atoms with Gasteiger partial charge in [-0.1, -0.05) is 74.0 Å². The van der Waals surface area contributed by atoms with Crippen LogP contribution in [0.4, 0.5) is 4.79 Å². The Morgan fingerprint density at radius 2 is 1.49 bits per heavy atom. The maximum absolute atomic E-state index is 14.3. The van der Waals surface area contributed by atoms with E-state index in [0.717, 1.165) is 11.1 Å². The summed E-state index contributed by atoms with van der Waals surface area (Å²) in [4.78, 5) is 74.6. The van der Waals surface area contributed by atoms with Gasteiger partial charge in [-0.3, -0.25) is 24.3 Å². The number of carbonyl (C=O) groups excluding carboxylic acids is 5. The van der Waals surface area contributed by atoms with Gasteiger partial charge in [-0.25, -0.2) is 22.7 Å². The fourth-order valence-corrected chi connectivity index (χ4v) is 8.97. The van der Waals surface area contributed by atoms with Crippen molar-refractivity contribution in [2.45, 2.75) is 135 Å². The Morgan fingerprint density at radius 1 is 0.877 bits per heavy atom. The highest BCUT2D eigenvalue weighted by Gasteiger charge is 2.39. The molecule has 17 nitrogen and oxygen atoms in total. The van der Waals surface area contributed by atoms with E-state index in [-0.39, 0.29) is 61.4 Å². The normalized spacial score (nSPS) is 15.7. The van der Waals surface area contributed by atoms with Crippen molar-refractivity contribution >= 4 is 45.8 Å². The number of nitrogens with one attached hydrogen (secondary N) is 4. The van der Waals surface area contributed by atoms with Crippen LogP contribution in [0.5, 0.6) is 5.75 Å². The first-order valence-electron chi connectivity index (χ1n) is 21.8. The zero-order valence-electron chi connectivity index (χ0n) is 38.6. The van der Waals surface area contributed by atoms with Crippen LogP contribution in [0.15, 0.2) is 76.6 Å². The Hall–Kier alpha value is -6.17. The molecule has 18 heteroatoms. The number of hydrogen-bond acceptors (Lipinski definition) is 11. The van der Waals surface area contributed by atoms with Crippen LogP contribution < -0.4 is 26.4 Å². The van der Waals surface area contributed by atoms with Gasteiger partial charge in [0.25, 0.3) is 10.0 Å². The standard InChI is InChI=1S/C47H65N7O10S/c1-29(2)24-37(51-43(58)39-17-13-23-54(39)46(60)64-47(6,7)8)42(57)50-36(16-12-22-49-45(48)53-65(61,62)40-31(4)25-30(3)26-32(40)5)41(56)52-38(27-33-18-20-35(55)21-19-33)44(59)63-28-34-14-10-9-11-15-34/h9-11,14-15,18-21,25-26,29,36-39,55H,12-13,16-17,22-24,27-28H2,1-8H3,(H,50,57)(H,51,58)(H,52,56)(H3,48,49,53)/t36-,37-,38-,39-/m0/s1. The van der Waals surface area contributed by atoms with Crippen LogP contribution in [-0.2, 0) is 51.7 Å². The molecule has 1 heterocycles. The number of ether oxygens (including phenoxy) is 2. The summed E-state index contributed by atoms with van der Waals surface area (Å²) in [6.07, 6.45) is 0.484. The van der Waals surface area contributed by atoms with Crippen molar-refractivity contribution in [3.05, 3.63) is 94.5 Å². The number of aromatic hydroxyl groups is 1. The molecule has 1 aliphatic rings. The summed E-state index contributed by atoms with van der Waals surface area (Å²) in [6, 6.07) is 14.0. The zero-order chi connectivity index (χ0) is 48.1. The van der Waals surface area contributed by atoms with Crippen molar-refractivity contribution in [1.82, 2.24) is 25.6 Å². The fourth-order valence-electron chi connectivity index (χ4n) is 7.56. The molecule has 0 aromatic heterocycles. The number of amides is 4. The maximum Gasteiger partial charge on any atom is 0.410 e. The maximum atomic E-state index is 14.3. The second-order valence-corrected chi connectivity index (χ2v) is 19.5. The molecule has 0 unspecified atom stereocenters. The first-order valence-corrected chi connectivity index (χ1v) is 23.3. The molecule has 1 fully saturated rings. The summed E-state index contributed by atoms with van der Waals surface area (Å²) >= 11 is 0. The Kier molecular flexibility index (Phi) is 18.3. The number of aryl methyl sites for hydroxylation is 3. The van der Waals surface area contributed by atoms with Gasteiger partial charge in [0.2, 0.25) is 23.7 Å². The van der Waals surface area contributed by atoms with Crippen molar-refractivity contribution in [3.63, 3.8) is 0 Å². The number of guanidine groups is 1. The van der Waals surface area contributed by atoms with Gasteiger partial charge >= 0.3 is 12.1 Å². The Balaban J connectivity index is 1.58. The third-order valence-electron chi connectivity index (χ3n) is 10.4. The predicted molar refractivity (Wildman–Crippen MR) is 246 cm³/mol. The van der Waals surface area contributed by atoms with E-state index in [4.69, 9.17) is 15.2 Å². The third-order valence-corrected chi connectivity index (χ3v) is 12.1. The molecule has 0 aliphatic carbocycles. The molecular formula is C47H65N7O10S. The molecule has 0 radical (unpaired) electrons. The molecule has 4 rings (SSSR count). The van der Waals surface area contributed by atoms with E-state index < -0.39 is 69.6 Å². The smallest absolute Gasteiger partial charge is 0.410 e. The fraction of sp³-hybridized carbons (Fsp3) is 0.489. The van der Waals surface area contributed by atoms with Gasteiger partial charge < -0.3 is 36.3 Å². The number of nitrogens with zero attached hydrogens (tertiary/aromatic N) is 2.